The van der Waals surface area contributed by atoms with Crippen LogP contribution in [0.2, 0.25) is 5.02 Å². The highest BCUT2D eigenvalue weighted by Gasteiger charge is 2.51. The molecule has 11 heteroatoms. The number of amides is 5. The number of piperidine rings is 1. The molecule has 3 aliphatic rings. The molecule has 1 N–H and O–H groups in total. The van der Waals surface area contributed by atoms with E-state index in [1.165, 1.54) is 15.4 Å². The van der Waals surface area contributed by atoms with E-state index in [0.29, 0.717) is 29.1 Å². The third-order valence-electron chi connectivity index (χ3n) is 6.35. The van der Waals surface area contributed by atoms with Crippen LogP contribution in [0.4, 0.5) is 14.4 Å². The number of hydrogen-bond acceptors (Lipinski definition) is 5. The largest absolute Gasteiger partial charge is 0.465 e. The minimum absolute atomic E-state index is 0.0780. The normalized spacial score (nSPS) is 21.7. The Morgan fingerprint density at radius 1 is 1.03 bits per heavy atom. The molecule has 1 aromatic carbocycles. The Kier molecular flexibility index (Phi) is 6.40. The summed E-state index contributed by atoms with van der Waals surface area (Å²) < 4.78 is 0. The number of imide groups is 1. The van der Waals surface area contributed by atoms with Crippen LogP contribution in [0, 0.1) is 5.92 Å². The van der Waals surface area contributed by atoms with Gasteiger partial charge in [0.25, 0.3) is 5.91 Å². The van der Waals surface area contributed by atoms with Gasteiger partial charge in [0, 0.05) is 31.2 Å². The molecule has 1 atom stereocenters. The highest BCUT2D eigenvalue weighted by atomic mass is 35.5. The number of hydroxylamine groups is 2. The SMILES string of the molecule is O=C(O)N1CCN2C(=O)N(OC(=O)N3CCC(CCc4ccc(Cl)cc4)CC3)C(=O)C2C1. The maximum atomic E-state index is 12.6. The molecule has 0 aliphatic carbocycles. The number of likely N-dealkylation sites (tertiary alicyclic amines) is 1. The maximum absolute atomic E-state index is 12.6. The van der Waals surface area contributed by atoms with Crippen molar-refractivity contribution in [3.05, 3.63) is 34.9 Å². The molecule has 172 valence electrons. The van der Waals surface area contributed by atoms with Crippen molar-refractivity contribution in [3.63, 3.8) is 0 Å². The van der Waals surface area contributed by atoms with Crippen LogP contribution in [0.15, 0.2) is 24.3 Å². The summed E-state index contributed by atoms with van der Waals surface area (Å²) >= 11 is 5.92. The van der Waals surface area contributed by atoms with Crippen molar-refractivity contribution in [2.45, 2.75) is 31.7 Å². The van der Waals surface area contributed by atoms with Gasteiger partial charge in [-0.3, -0.25) is 4.79 Å². The Bertz CT molecular complexity index is 902. The van der Waals surface area contributed by atoms with E-state index in [2.05, 4.69) is 0 Å². The number of rotatable bonds is 4. The lowest BCUT2D eigenvalue weighted by Crippen LogP contribution is -2.54. The fourth-order valence-electron chi connectivity index (χ4n) is 4.39. The number of carboxylic acid groups (broad SMARTS) is 1. The molecule has 3 heterocycles. The minimum atomic E-state index is -1.15. The summed E-state index contributed by atoms with van der Waals surface area (Å²) in [4.78, 5) is 57.8. The quantitative estimate of drug-likeness (QED) is 0.686. The van der Waals surface area contributed by atoms with E-state index in [4.69, 9.17) is 21.5 Å². The molecule has 3 saturated heterocycles. The van der Waals surface area contributed by atoms with Crippen molar-refractivity contribution >= 4 is 35.7 Å². The van der Waals surface area contributed by atoms with Crippen LogP contribution in [0.5, 0.6) is 0 Å². The molecule has 0 saturated carbocycles. The summed E-state index contributed by atoms with van der Waals surface area (Å²) in [6.45, 7) is 1.03. The van der Waals surface area contributed by atoms with Crippen molar-refractivity contribution in [1.29, 1.82) is 0 Å². The molecule has 1 aromatic rings. The predicted octanol–water partition coefficient (Wildman–Crippen LogP) is 2.66. The second kappa shape index (κ2) is 9.23. The first kappa shape index (κ1) is 22.2. The first-order chi connectivity index (χ1) is 15.3. The maximum Gasteiger partial charge on any atom is 0.434 e. The van der Waals surface area contributed by atoms with E-state index >= 15 is 0 Å². The number of urea groups is 1. The van der Waals surface area contributed by atoms with Gasteiger partial charge in [0.2, 0.25) is 0 Å². The monoisotopic (exact) mass is 464 g/mol. The molecule has 4 rings (SSSR count). The van der Waals surface area contributed by atoms with Crippen molar-refractivity contribution in [2.24, 2.45) is 5.92 Å². The topological polar surface area (TPSA) is 111 Å². The first-order valence-electron chi connectivity index (χ1n) is 10.7. The van der Waals surface area contributed by atoms with Crippen LogP contribution < -0.4 is 0 Å². The number of benzene rings is 1. The lowest BCUT2D eigenvalue weighted by molar-refractivity contribution is -0.152. The smallest absolute Gasteiger partial charge is 0.434 e. The Labute approximate surface area is 190 Å². The lowest BCUT2D eigenvalue weighted by Gasteiger charge is -2.33. The van der Waals surface area contributed by atoms with Crippen LogP contribution in [0.1, 0.15) is 24.8 Å². The third-order valence-corrected chi connectivity index (χ3v) is 6.60. The van der Waals surface area contributed by atoms with Gasteiger partial charge in [0.1, 0.15) is 6.04 Å². The van der Waals surface area contributed by atoms with E-state index in [0.717, 1.165) is 30.6 Å². The number of hydrogen-bond donors (Lipinski definition) is 1. The van der Waals surface area contributed by atoms with Gasteiger partial charge in [-0.05, 0) is 49.3 Å². The zero-order valence-corrected chi connectivity index (χ0v) is 18.2. The standard InChI is InChI=1S/C21H25ClN4O6/c22-16-5-3-14(4-6-16)1-2-15-7-9-23(10-8-15)21(31)32-26-18(27)17-13-24(20(29)30)11-12-25(17)19(26)28/h3-6,15,17H,1-2,7-13H2,(H,29,30). The fraction of sp³-hybridized carbons (Fsp3) is 0.524. The molecule has 0 spiro atoms. The molecular formula is C21H25ClN4O6. The average molecular weight is 465 g/mol. The van der Waals surface area contributed by atoms with Crippen LogP contribution in [-0.4, -0.2) is 87.8 Å². The van der Waals surface area contributed by atoms with E-state index < -0.39 is 30.2 Å². The van der Waals surface area contributed by atoms with Gasteiger partial charge in [-0.1, -0.05) is 28.8 Å². The number of halogens is 1. The Morgan fingerprint density at radius 3 is 2.38 bits per heavy atom. The van der Waals surface area contributed by atoms with Crippen molar-refractivity contribution in [3.8, 4) is 0 Å². The predicted molar refractivity (Wildman–Crippen MR) is 113 cm³/mol. The third kappa shape index (κ3) is 4.59. The number of aryl methyl sites for hydroxylation is 1. The molecule has 0 bridgehead atoms. The Hall–Kier alpha value is -3.01. The van der Waals surface area contributed by atoms with Gasteiger partial charge in [-0.15, -0.1) is 0 Å². The zero-order chi connectivity index (χ0) is 22.8. The average Bonchev–Trinajstić information content (AvgIpc) is 3.03. The Morgan fingerprint density at radius 2 is 1.72 bits per heavy atom. The molecule has 3 aliphatic heterocycles. The van der Waals surface area contributed by atoms with Gasteiger partial charge in [0.05, 0.1) is 6.54 Å². The van der Waals surface area contributed by atoms with E-state index in [-0.39, 0.29) is 19.6 Å². The van der Waals surface area contributed by atoms with Crippen LogP contribution in [0.3, 0.4) is 0 Å². The van der Waals surface area contributed by atoms with Crippen molar-refractivity contribution in [2.75, 3.05) is 32.7 Å². The molecule has 3 fully saturated rings. The highest BCUT2D eigenvalue weighted by Crippen LogP contribution is 2.26. The molecule has 10 nitrogen and oxygen atoms in total. The molecule has 32 heavy (non-hydrogen) atoms. The molecule has 5 amide bonds. The summed E-state index contributed by atoms with van der Waals surface area (Å²) in [7, 11) is 0. The van der Waals surface area contributed by atoms with Gasteiger partial charge in [-0.2, -0.15) is 0 Å². The van der Waals surface area contributed by atoms with Crippen LogP contribution in [-0.2, 0) is 16.1 Å². The minimum Gasteiger partial charge on any atom is -0.465 e. The van der Waals surface area contributed by atoms with E-state index in [1.54, 1.807) is 0 Å². The van der Waals surface area contributed by atoms with Crippen LogP contribution in [0.25, 0.3) is 0 Å². The molecule has 1 unspecified atom stereocenters. The number of nitrogens with zero attached hydrogens (tertiary/aromatic N) is 4. The van der Waals surface area contributed by atoms with Crippen molar-refractivity contribution in [1.82, 2.24) is 19.8 Å². The number of fused-ring (bicyclic) bond motifs is 1. The van der Waals surface area contributed by atoms with Gasteiger partial charge in [0.15, 0.2) is 0 Å². The van der Waals surface area contributed by atoms with Gasteiger partial charge in [-0.25, -0.2) is 14.4 Å². The van der Waals surface area contributed by atoms with Gasteiger partial charge >= 0.3 is 18.2 Å². The second-order valence-corrected chi connectivity index (χ2v) is 8.74. The first-order valence-corrected chi connectivity index (χ1v) is 11.0. The second-order valence-electron chi connectivity index (χ2n) is 8.31. The zero-order valence-electron chi connectivity index (χ0n) is 17.5. The molecule has 0 aromatic heterocycles. The van der Waals surface area contributed by atoms with Crippen LogP contribution >= 0.6 is 11.6 Å². The molecular weight excluding hydrogens is 440 g/mol. The summed E-state index contributed by atoms with van der Waals surface area (Å²) in [5.41, 5.74) is 1.22. The van der Waals surface area contributed by atoms with Gasteiger partial charge < -0.3 is 24.6 Å². The van der Waals surface area contributed by atoms with Crippen molar-refractivity contribution < 1.29 is 29.1 Å². The summed E-state index contributed by atoms with van der Waals surface area (Å²) in [5, 5.41) is 10.3. The number of piperazine rings is 1. The summed E-state index contributed by atoms with van der Waals surface area (Å²) in [5.74, 6) is -0.243. The van der Waals surface area contributed by atoms with E-state index in [1.807, 2.05) is 24.3 Å². The number of carbonyl (C=O) groups is 4. The number of carbonyl (C=O) groups excluding carboxylic acids is 3. The highest BCUT2D eigenvalue weighted by molar-refractivity contribution is 6.30. The summed E-state index contributed by atoms with van der Waals surface area (Å²) in [6.07, 6.45) is 1.68. The molecule has 0 radical (unpaired) electrons. The Balaban J connectivity index is 1.26. The lowest BCUT2D eigenvalue weighted by atomic mass is 9.91. The summed E-state index contributed by atoms with van der Waals surface area (Å²) in [6, 6.07) is 6.10. The fourth-order valence-corrected chi connectivity index (χ4v) is 4.52. The van der Waals surface area contributed by atoms with E-state index in [9.17, 15) is 19.2 Å².